The number of benzene rings is 1. The Morgan fingerprint density at radius 2 is 1.79 bits per heavy atom. The van der Waals surface area contributed by atoms with Gasteiger partial charge < -0.3 is 15.1 Å². The predicted molar refractivity (Wildman–Crippen MR) is 116 cm³/mol. The van der Waals surface area contributed by atoms with E-state index in [1.54, 1.807) is 0 Å². The van der Waals surface area contributed by atoms with Crippen LogP contribution >= 0.6 is 24.0 Å². The summed E-state index contributed by atoms with van der Waals surface area (Å²) in [7, 11) is 6.26. The van der Waals surface area contributed by atoms with E-state index >= 15 is 0 Å². The van der Waals surface area contributed by atoms with E-state index in [9.17, 15) is 0 Å². The molecule has 1 rings (SSSR count). The molecule has 0 unspecified atom stereocenters. The van der Waals surface area contributed by atoms with Crippen LogP contribution in [-0.4, -0.2) is 50.0 Å². The van der Waals surface area contributed by atoms with E-state index in [0.717, 1.165) is 38.4 Å². The Bertz CT molecular complexity index is 483. The number of unbranched alkanes of at least 4 members (excludes halogenated alkanes) is 1. The fraction of sp³-hybridized carbons (Fsp3) is 0.526. The summed E-state index contributed by atoms with van der Waals surface area (Å²) in [6.45, 7) is 9.41. The molecule has 4 nitrogen and oxygen atoms in total. The zero-order valence-corrected chi connectivity index (χ0v) is 17.9. The molecule has 0 fully saturated rings. The highest BCUT2D eigenvalue weighted by molar-refractivity contribution is 14.0. The van der Waals surface area contributed by atoms with Crippen molar-refractivity contribution in [3.63, 3.8) is 0 Å². The average molecular weight is 444 g/mol. The summed E-state index contributed by atoms with van der Waals surface area (Å²) in [5.41, 5.74) is 2.57. The zero-order chi connectivity index (χ0) is 17.1. The van der Waals surface area contributed by atoms with Gasteiger partial charge in [-0.2, -0.15) is 0 Å². The number of nitrogens with zero attached hydrogens (tertiary/aromatic N) is 3. The van der Waals surface area contributed by atoms with E-state index in [-0.39, 0.29) is 24.0 Å². The first-order chi connectivity index (χ1) is 11.1. The van der Waals surface area contributed by atoms with Crippen molar-refractivity contribution in [1.82, 2.24) is 15.1 Å². The molecule has 0 atom stereocenters. The molecule has 0 radical (unpaired) electrons. The maximum Gasteiger partial charge on any atom is 0.193 e. The fourth-order valence-electron chi connectivity index (χ4n) is 2.33. The van der Waals surface area contributed by atoms with Gasteiger partial charge in [0.2, 0.25) is 0 Å². The van der Waals surface area contributed by atoms with Crippen LogP contribution in [0.1, 0.15) is 30.9 Å². The predicted octanol–water partition coefficient (Wildman–Crippen LogP) is 3.73. The summed E-state index contributed by atoms with van der Waals surface area (Å²) < 4.78 is 0. The summed E-state index contributed by atoms with van der Waals surface area (Å²) in [6, 6.07) is 8.71. The monoisotopic (exact) mass is 444 g/mol. The molecule has 0 heterocycles. The second-order valence-electron chi connectivity index (χ2n) is 6.08. The minimum Gasteiger partial charge on any atom is -0.357 e. The Kier molecular flexibility index (Phi) is 12.6. The first-order valence-corrected chi connectivity index (χ1v) is 8.39. The lowest BCUT2D eigenvalue weighted by Crippen LogP contribution is -2.39. The third-order valence-corrected chi connectivity index (χ3v) is 3.53. The molecule has 24 heavy (non-hydrogen) atoms. The molecular weight excluding hydrogens is 411 g/mol. The molecule has 0 amide bonds. The average Bonchev–Trinajstić information content (AvgIpc) is 2.52. The quantitative estimate of drug-likeness (QED) is 0.207. The van der Waals surface area contributed by atoms with Gasteiger partial charge in [-0.3, -0.25) is 0 Å². The van der Waals surface area contributed by atoms with Crippen molar-refractivity contribution in [2.75, 3.05) is 34.2 Å². The van der Waals surface area contributed by atoms with Crippen molar-refractivity contribution in [2.45, 2.75) is 32.9 Å². The van der Waals surface area contributed by atoms with Crippen LogP contribution in [0.3, 0.4) is 0 Å². The molecule has 0 aliphatic carbocycles. The summed E-state index contributed by atoms with van der Waals surface area (Å²) in [5.74, 6) is 0.967. The number of hydrogen-bond acceptors (Lipinski definition) is 2. The smallest absolute Gasteiger partial charge is 0.193 e. The molecule has 5 heteroatoms. The molecule has 0 saturated heterocycles. The van der Waals surface area contributed by atoms with Crippen LogP contribution in [0.4, 0.5) is 0 Å². The van der Waals surface area contributed by atoms with Crippen LogP contribution in [0.25, 0.3) is 0 Å². The lowest BCUT2D eigenvalue weighted by Gasteiger charge is -2.21. The number of hydrogen-bond donors (Lipinski definition) is 1. The minimum atomic E-state index is 0. The molecule has 0 bridgehead atoms. The molecule has 0 saturated carbocycles. The van der Waals surface area contributed by atoms with Gasteiger partial charge in [0.25, 0.3) is 0 Å². The number of guanidine groups is 1. The Hall–Kier alpha value is -1.08. The van der Waals surface area contributed by atoms with Gasteiger partial charge in [0.15, 0.2) is 5.96 Å². The van der Waals surface area contributed by atoms with Crippen LogP contribution in [0.15, 0.2) is 41.9 Å². The second-order valence-corrected chi connectivity index (χ2v) is 6.08. The van der Waals surface area contributed by atoms with Gasteiger partial charge in [0, 0.05) is 26.7 Å². The maximum absolute atomic E-state index is 4.75. The van der Waals surface area contributed by atoms with Gasteiger partial charge >= 0.3 is 0 Å². The third-order valence-electron chi connectivity index (χ3n) is 3.53. The van der Waals surface area contributed by atoms with E-state index in [0.29, 0.717) is 6.54 Å². The number of aliphatic imine (C=N–C) groups is 1. The second kappa shape index (κ2) is 13.2. The molecule has 0 aliphatic heterocycles. The van der Waals surface area contributed by atoms with Crippen LogP contribution < -0.4 is 5.32 Å². The number of halogens is 1. The third kappa shape index (κ3) is 9.27. The van der Waals surface area contributed by atoms with Crippen molar-refractivity contribution in [1.29, 1.82) is 0 Å². The maximum atomic E-state index is 4.75. The highest BCUT2D eigenvalue weighted by atomic mass is 127. The van der Waals surface area contributed by atoms with Crippen LogP contribution in [0.2, 0.25) is 0 Å². The van der Waals surface area contributed by atoms with Gasteiger partial charge in [-0.05, 0) is 45.0 Å². The topological polar surface area (TPSA) is 30.9 Å². The lowest BCUT2D eigenvalue weighted by atomic mass is 10.1. The minimum absolute atomic E-state index is 0. The number of allylic oxidation sites excluding steroid dienone is 1. The van der Waals surface area contributed by atoms with Crippen molar-refractivity contribution in [3.8, 4) is 0 Å². The van der Waals surface area contributed by atoms with E-state index in [1.165, 1.54) is 11.1 Å². The van der Waals surface area contributed by atoms with Gasteiger partial charge in [0.1, 0.15) is 0 Å². The highest BCUT2D eigenvalue weighted by Gasteiger charge is 2.04. The van der Waals surface area contributed by atoms with Gasteiger partial charge in [0.05, 0.1) is 6.54 Å². The molecule has 1 aromatic rings. The first kappa shape index (κ1) is 22.9. The standard InChI is InChI=1S/C19H32N4.HI/c1-6-8-9-14-23(5)19(20-7-2)21-15-17-10-12-18(13-11-17)16-22(3)4;/h6,10-13H,1,7-9,14-16H2,2-5H3,(H,20,21);1H. The molecule has 1 aromatic carbocycles. The largest absolute Gasteiger partial charge is 0.357 e. The Morgan fingerprint density at radius 1 is 1.17 bits per heavy atom. The normalized spacial score (nSPS) is 11.1. The van der Waals surface area contributed by atoms with Gasteiger partial charge in [-0.1, -0.05) is 30.3 Å². The summed E-state index contributed by atoms with van der Waals surface area (Å²) >= 11 is 0. The van der Waals surface area contributed by atoms with Crippen molar-refractivity contribution < 1.29 is 0 Å². The summed E-state index contributed by atoms with van der Waals surface area (Å²) in [4.78, 5) is 9.11. The summed E-state index contributed by atoms with van der Waals surface area (Å²) in [6.07, 6.45) is 4.11. The van der Waals surface area contributed by atoms with Crippen molar-refractivity contribution >= 4 is 29.9 Å². The Balaban J connectivity index is 0.00000529. The van der Waals surface area contributed by atoms with E-state index in [4.69, 9.17) is 4.99 Å². The van der Waals surface area contributed by atoms with E-state index in [1.807, 2.05) is 6.08 Å². The molecule has 1 N–H and O–H groups in total. The van der Waals surface area contributed by atoms with Crippen LogP contribution in [-0.2, 0) is 13.1 Å². The van der Waals surface area contributed by atoms with E-state index in [2.05, 4.69) is 74.0 Å². The Labute approximate surface area is 165 Å². The van der Waals surface area contributed by atoms with E-state index < -0.39 is 0 Å². The van der Waals surface area contributed by atoms with Crippen LogP contribution in [0.5, 0.6) is 0 Å². The van der Waals surface area contributed by atoms with Crippen molar-refractivity contribution in [2.24, 2.45) is 4.99 Å². The molecule has 136 valence electrons. The fourth-order valence-corrected chi connectivity index (χ4v) is 2.33. The molecular formula is C19H33IN4. The Morgan fingerprint density at radius 3 is 2.33 bits per heavy atom. The highest BCUT2D eigenvalue weighted by Crippen LogP contribution is 2.07. The van der Waals surface area contributed by atoms with Crippen LogP contribution in [0, 0.1) is 0 Å². The molecule has 0 spiro atoms. The SMILES string of the molecule is C=CCCCN(C)C(=NCc1ccc(CN(C)C)cc1)NCC.I. The van der Waals surface area contributed by atoms with Gasteiger partial charge in [-0.15, -0.1) is 30.6 Å². The summed E-state index contributed by atoms with van der Waals surface area (Å²) in [5, 5.41) is 3.36. The molecule has 0 aliphatic rings. The zero-order valence-electron chi connectivity index (χ0n) is 15.6. The molecule has 0 aromatic heterocycles. The van der Waals surface area contributed by atoms with Crippen molar-refractivity contribution in [3.05, 3.63) is 48.0 Å². The number of nitrogens with one attached hydrogen (secondary N) is 1. The van der Waals surface area contributed by atoms with Gasteiger partial charge in [-0.25, -0.2) is 4.99 Å². The number of rotatable bonds is 9. The first-order valence-electron chi connectivity index (χ1n) is 8.39. The lowest BCUT2D eigenvalue weighted by molar-refractivity contribution is 0.402.